The van der Waals surface area contributed by atoms with E-state index >= 15 is 0 Å². The summed E-state index contributed by atoms with van der Waals surface area (Å²) in [6.45, 7) is 1.21. The highest BCUT2D eigenvalue weighted by molar-refractivity contribution is 5.58. The lowest BCUT2D eigenvalue weighted by molar-refractivity contribution is -0.384. The van der Waals surface area contributed by atoms with Gasteiger partial charge in [0.15, 0.2) is 0 Å². The third-order valence-corrected chi connectivity index (χ3v) is 5.11. The maximum absolute atomic E-state index is 12.7. The fraction of sp³-hybridized carbons (Fsp3) is 0.500. The van der Waals surface area contributed by atoms with Crippen molar-refractivity contribution in [2.45, 2.75) is 43.9 Å². The molecule has 4 rings (SSSR count). The molecule has 0 unspecified atom stereocenters. The van der Waals surface area contributed by atoms with Gasteiger partial charge < -0.3 is 15.5 Å². The first-order valence-electron chi connectivity index (χ1n) is 9.62. The largest absolute Gasteiger partial charge is 0.417 e. The third-order valence-electron chi connectivity index (χ3n) is 5.11. The van der Waals surface area contributed by atoms with Gasteiger partial charge in [-0.2, -0.15) is 18.2 Å². The first-order chi connectivity index (χ1) is 14.3. The molecule has 0 atom stereocenters. The predicted molar refractivity (Wildman–Crippen MR) is 103 cm³/mol. The van der Waals surface area contributed by atoms with Crippen LogP contribution in [0.5, 0.6) is 0 Å². The van der Waals surface area contributed by atoms with Crippen molar-refractivity contribution < 1.29 is 18.1 Å². The molecule has 2 fully saturated rings. The number of nitro groups is 1. The number of pyridine rings is 1. The van der Waals surface area contributed by atoms with Crippen LogP contribution in [0, 0.1) is 10.1 Å². The van der Waals surface area contributed by atoms with Crippen LogP contribution in [0.2, 0.25) is 0 Å². The summed E-state index contributed by atoms with van der Waals surface area (Å²) >= 11 is 0. The Morgan fingerprint density at radius 1 is 1.03 bits per heavy atom. The molecule has 2 aromatic heterocycles. The van der Waals surface area contributed by atoms with Crippen LogP contribution in [-0.2, 0) is 6.18 Å². The molecule has 0 amide bonds. The first kappa shape index (κ1) is 20.1. The molecule has 30 heavy (non-hydrogen) atoms. The Morgan fingerprint density at radius 2 is 1.73 bits per heavy atom. The Hall–Kier alpha value is -3.18. The van der Waals surface area contributed by atoms with Gasteiger partial charge in [0.25, 0.3) is 0 Å². The highest BCUT2D eigenvalue weighted by Crippen LogP contribution is 2.31. The number of anilines is 3. The van der Waals surface area contributed by atoms with E-state index in [-0.39, 0.29) is 23.6 Å². The molecule has 9 nitrogen and oxygen atoms in total. The molecule has 1 saturated heterocycles. The van der Waals surface area contributed by atoms with Crippen molar-refractivity contribution in [3.8, 4) is 0 Å². The molecule has 0 aromatic carbocycles. The lowest BCUT2D eigenvalue weighted by Gasteiger charge is -2.33. The molecule has 0 spiro atoms. The molecule has 1 aliphatic heterocycles. The highest BCUT2D eigenvalue weighted by Gasteiger charge is 2.31. The van der Waals surface area contributed by atoms with Gasteiger partial charge in [-0.15, -0.1) is 0 Å². The number of nitrogens with zero attached hydrogens (tertiary/aromatic N) is 5. The number of aromatic nitrogens is 3. The smallest absolute Gasteiger partial charge is 0.361 e. The standard InChI is InChI=1S/C18H20F3N7O2/c19-18(20,21)11-1-4-15(22-9-11)27-7-5-13(6-8-27)25-17-23-10-14(28(29)30)16(26-17)24-12-2-3-12/h1,4,9-10,12-13H,2-3,5-8H2,(H2,23,24,25,26). The second-order valence-corrected chi connectivity index (χ2v) is 7.41. The second kappa shape index (κ2) is 7.92. The average Bonchev–Trinajstić information content (AvgIpc) is 3.52. The number of hydrogen-bond acceptors (Lipinski definition) is 8. The van der Waals surface area contributed by atoms with Gasteiger partial charge in [0, 0.05) is 31.4 Å². The van der Waals surface area contributed by atoms with Crippen molar-refractivity contribution >= 4 is 23.3 Å². The normalized spacial score (nSPS) is 17.6. The van der Waals surface area contributed by atoms with E-state index < -0.39 is 16.7 Å². The minimum Gasteiger partial charge on any atom is -0.361 e. The molecular formula is C18H20F3N7O2. The molecule has 3 heterocycles. The lowest BCUT2D eigenvalue weighted by Crippen LogP contribution is -2.39. The van der Waals surface area contributed by atoms with Crippen molar-refractivity contribution in [3.63, 3.8) is 0 Å². The minimum atomic E-state index is -4.40. The van der Waals surface area contributed by atoms with E-state index in [1.165, 1.54) is 12.3 Å². The van der Waals surface area contributed by atoms with E-state index in [0.29, 0.717) is 37.7 Å². The lowest BCUT2D eigenvalue weighted by atomic mass is 10.1. The Morgan fingerprint density at radius 3 is 2.30 bits per heavy atom. The summed E-state index contributed by atoms with van der Waals surface area (Å²) in [6.07, 6.45) is 0.962. The highest BCUT2D eigenvalue weighted by atomic mass is 19.4. The van der Waals surface area contributed by atoms with Gasteiger partial charge in [-0.05, 0) is 37.8 Å². The molecule has 0 radical (unpaired) electrons. The zero-order valence-electron chi connectivity index (χ0n) is 15.9. The predicted octanol–water partition coefficient (Wildman–Crippen LogP) is 3.45. The van der Waals surface area contributed by atoms with Crippen molar-refractivity contribution in [3.05, 3.63) is 40.2 Å². The third kappa shape index (κ3) is 4.69. The number of hydrogen-bond donors (Lipinski definition) is 2. The summed E-state index contributed by atoms with van der Waals surface area (Å²) in [7, 11) is 0. The Labute approximate surface area is 169 Å². The summed E-state index contributed by atoms with van der Waals surface area (Å²) in [4.78, 5) is 24.8. The van der Waals surface area contributed by atoms with Crippen LogP contribution in [0.15, 0.2) is 24.5 Å². The van der Waals surface area contributed by atoms with E-state index in [1.54, 1.807) is 0 Å². The Kier molecular flexibility index (Phi) is 5.31. The van der Waals surface area contributed by atoms with Crippen molar-refractivity contribution in [1.29, 1.82) is 0 Å². The summed E-state index contributed by atoms with van der Waals surface area (Å²) in [5, 5.41) is 17.4. The van der Waals surface area contributed by atoms with Gasteiger partial charge in [0.2, 0.25) is 11.8 Å². The fourth-order valence-corrected chi connectivity index (χ4v) is 3.28. The number of nitrogens with one attached hydrogen (secondary N) is 2. The van der Waals surface area contributed by atoms with Crippen LogP contribution in [0.4, 0.5) is 36.4 Å². The van der Waals surface area contributed by atoms with Gasteiger partial charge in [-0.25, -0.2) is 9.97 Å². The Balaban J connectivity index is 1.36. The van der Waals surface area contributed by atoms with Crippen LogP contribution in [0.3, 0.4) is 0 Å². The number of rotatable bonds is 6. The van der Waals surface area contributed by atoms with Gasteiger partial charge in [0.1, 0.15) is 12.0 Å². The number of alkyl halides is 3. The van der Waals surface area contributed by atoms with Gasteiger partial charge in [0.05, 0.1) is 10.5 Å². The van der Waals surface area contributed by atoms with Gasteiger partial charge in [-0.3, -0.25) is 10.1 Å². The van der Waals surface area contributed by atoms with E-state index in [1.807, 2.05) is 4.90 Å². The van der Waals surface area contributed by atoms with Crippen LogP contribution in [-0.4, -0.2) is 45.0 Å². The maximum Gasteiger partial charge on any atom is 0.417 e. The van der Waals surface area contributed by atoms with Crippen LogP contribution in [0.25, 0.3) is 0 Å². The molecule has 1 aliphatic carbocycles. The van der Waals surface area contributed by atoms with Gasteiger partial charge >= 0.3 is 11.9 Å². The number of halogens is 3. The molecule has 2 N–H and O–H groups in total. The van der Waals surface area contributed by atoms with Gasteiger partial charge in [-0.1, -0.05) is 0 Å². The van der Waals surface area contributed by atoms with E-state index in [9.17, 15) is 23.3 Å². The SMILES string of the molecule is O=[N+]([O-])c1cnc(NC2CCN(c3ccc(C(F)(F)F)cn3)CC2)nc1NC1CC1. The summed E-state index contributed by atoms with van der Waals surface area (Å²) in [6, 6.07) is 2.68. The Bertz CT molecular complexity index is 911. The molecule has 2 aliphatic rings. The molecular weight excluding hydrogens is 403 g/mol. The van der Waals surface area contributed by atoms with E-state index in [0.717, 1.165) is 25.1 Å². The maximum atomic E-state index is 12.7. The molecule has 12 heteroatoms. The van der Waals surface area contributed by atoms with E-state index in [4.69, 9.17) is 0 Å². The summed E-state index contributed by atoms with van der Waals surface area (Å²) in [5.41, 5.74) is -0.926. The van der Waals surface area contributed by atoms with E-state index in [2.05, 4.69) is 25.6 Å². The first-order valence-corrected chi connectivity index (χ1v) is 9.62. The van der Waals surface area contributed by atoms with Crippen molar-refractivity contribution in [1.82, 2.24) is 15.0 Å². The number of piperidine rings is 1. The molecule has 0 bridgehead atoms. The molecule has 1 saturated carbocycles. The minimum absolute atomic E-state index is 0.0472. The van der Waals surface area contributed by atoms with Crippen molar-refractivity contribution in [2.75, 3.05) is 28.6 Å². The topological polar surface area (TPSA) is 109 Å². The van der Waals surface area contributed by atoms with Crippen LogP contribution < -0.4 is 15.5 Å². The van der Waals surface area contributed by atoms with Crippen LogP contribution >= 0.6 is 0 Å². The quantitative estimate of drug-likeness (QED) is 0.537. The molecule has 160 valence electrons. The average molecular weight is 423 g/mol. The van der Waals surface area contributed by atoms with Crippen molar-refractivity contribution in [2.24, 2.45) is 0 Å². The zero-order valence-corrected chi connectivity index (χ0v) is 15.9. The fourth-order valence-electron chi connectivity index (χ4n) is 3.28. The molecule has 2 aromatic rings. The summed E-state index contributed by atoms with van der Waals surface area (Å²) < 4.78 is 38.0. The van der Waals surface area contributed by atoms with Crippen LogP contribution in [0.1, 0.15) is 31.2 Å². The summed E-state index contributed by atoms with van der Waals surface area (Å²) in [5.74, 6) is 1.03. The monoisotopic (exact) mass is 423 g/mol. The zero-order chi connectivity index (χ0) is 21.3. The second-order valence-electron chi connectivity index (χ2n) is 7.41.